The van der Waals surface area contributed by atoms with Crippen molar-refractivity contribution in [3.8, 4) is 0 Å². The maximum atomic E-state index is 12.1. The van der Waals surface area contributed by atoms with E-state index >= 15 is 0 Å². The minimum Gasteiger partial charge on any atom is -0.296 e. The Balaban J connectivity index is 1.39. The smallest absolute Gasteiger partial charge is 0.254 e. The second-order valence-electron chi connectivity index (χ2n) is 6.49. The SMILES string of the molecule is O=C(CN1CCN(Cc2ccccc2Cl)CC1)NN=Cc1ccc(Cl)cc1. The Kier molecular flexibility index (Phi) is 7.24. The molecule has 0 saturated carbocycles. The van der Waals surface area contributed by atoms with E-state index in [4.69, 9.17) is 23.2 Å². The minimum absolute atomic E-state index is 0.111. The van der Waals surface area contributed by atoms with Crippen LogP contribution in [0.4, 0.5) is 0 Å². The van der Waals surface area contributed by atoms with E-state index in [2.05, 4.69) is 26.4 Å². The van der Waals surface area contributed by atoms with Gasteiger partial charge in [-0.2, -0.15) is 5.10 Å². The van der Waals surface area contributed by atoms with Gasteiger partial charge in [0.2, 0.25) is 0 Å². The van der Waals surface area contributed by atoms with Gasteiger partial charge in [-0.15, -0.1) is 0 Å². The number of benzene rings is 2. The average Bonchev–Trinajstić information content (AvgIpc) is 2.67. The first-order valence-electron chi connectivity index (χ1n) is 8.86. The topological polar surface area (TPSA) is 47.9 Å². The summed E-state index contributed by atoms with van der Waals surface area (Å²) in [6.45, 7) is 4.69. The highest BCUT2D eigenvalue weighted by Crippen LogP contribution is 2.17. The molecule has 1 saturated heterocycles. The van der Waals surface area contributed by atoms with Crippen LogP contribution >= 0.6 is 23.2 Å². The first-order chi connectivity index (χ1) is 13.1. The highest BCUT2D eigenvalue weighted by atomic mass is 35.5. The van der Waals surface area contributed by atoms with Crippen LogP contribution in [0.1, 0.15) is 11.1 Å². The van der Waals surface area contributed by atoms with Gasteiger partial charge in [-0.25, -0.2) is 5.43 Å². The first kappa shape index (κ1) is 19.8. The molecule has 1 aliphatic rings. The molecule has 7 heteroatoms. The zero-order valence-electron chi connectivity index (χ0n) is 14.9. The van der Waals surface area contributed by atoms with Gasteiger partial charge in [0.05, 0.1) is 12.8 Å². The third-order valence-corrected chi connectivity index (χ3v) is 5.08. The average molecular weight is 405 g/mol. The molecule has 27 heavy (non-hydrogen) atoms. The summed E-state index contributed by atoms with van der Waals surface area (Å²) >= 11 is 12.1. The lowest BCUT2D eigenvalue weighted by Crippen LogP contribution is -2.48. The second kappa shape index (κ2) is 9.85. The number of halogens is 2. The molecule has 0 unspecified atom stereocenters. The molecule has 5 nitrogen and oxygen atoms in total. The van der Waals surface area contributed by atoms with Crippen molar-refractivity contribution in [2.45, 2.75) is 6.54 Å². The lowest BCUT2D eigenvalue weighted by molar-refractivity contribution is -0.122. The fourth-order valence-corrected chi connectivity index (χ4v) is 3.26. The number of hydrogen-bond donors (Lipinski definition) is 1. The van der Waals surface area contributed by atoms with Gasteiger partial charge in [-0.05, 0) is 29.3 Å². The molecule has 1 heterocycles. The number of hydrogen-bond acceptors (Lipinski definition) is 4. The van der Waals surface area contributed by atoms with Gasteiger partial charge in [-0.3, -0.25) is 14.6 Å². The van der Waals surface area contributed by atoms with E-state index in [9.17, 15) is 4.79 Å². The monoisotopic (exact) mass is 404 g/mol. The van der Waals surface area contributed by atoms with E-state index in [-0.39, 0.29) is 5.91 Å². The number of nitrogens with zero attached hydrogens (tertiary/aromatic N) is 3. The number of carbonyl (C=O) groups is 1. The maximum absolute atomic E-state index is 12.1. The van der Waals surface area contributed by atoms with Gasteiger partial charge in [-0.1, -0.05) is 53.5 Å². The quantitative estimate of drug-likeness (QED) is 0.593. The Morgan fingerprint density at radius 3 is 2.37 bits per heavy atom. The van der Waals surface area contributed by atoms with Crippen molar-refractivity contribution in [3.05, 3.63) is 69.7 Å². The van der Waals surface area contributed by atoms with Gasteiger partial charge < -0.3 is 0 Å². The zero-order chi connectivity index (χ0) is 19.1. The second-order valence-corrected chi connectivity index (χ2v) is 7.33. The number of piperazine rings is 1. The van der Waals surface area contributed by atoms with Gasteiger partial charge in [0, 0.05) is 42.8 Å². The van der Waals surface area contributed by atoms with Crippen LogP contribution in [-0.4, -0.2) is 54.6 Å². The standard InChI is InChI=1S/C20H22Cl2N4O/c21-18-7-5-16(6-8-18)13-23-24-20(27)15-26-11-9-25(10-12-26)14-17-3-1-2-4-19(17)22/h1-8,13H,9-12,14-15H2,(H,24,27). The van der Waals surface area contributed by atoms with E-state index < -0.39 is 0 Å². The van der Waals surface area contributed by atoms with Crippen molar-refractivity contribution in [2.75, 3.05) is 32.7 Å². The van der Waals surface area contributed by atoms with Crippen molar-refractivity contribution < 1.29 is 4.79 Å². The highest BCUT2D eigenvalue weighted by molar-refractivity contribution is 6.31. The maximum Gasteiger partial charge on any atom is 0.254 e. The number of hydrazone groups is 1. The summed E-state index contributed by atoms with van der Waals surface area (Å²) in [6, 6.07) is 15.2. The number of rotatable bonds is 6. The molecular weight excluding hydrogens is 383 g/mol. The lowest BCUT2D eigenvalue weighted by Gasteiger charge is -2.34. The van der Waals surface area contributed by atoms with Crippen LogP contribution in [0, 0.1) is 0 Å². The molecule has 0 aliphatic carbocycles. The Hall–Kier alpha value is -1.92. The van der Waals surface area contributed by atoms with Crippen LogP contribution in [-0.2, 0) is 11.3 Å². The van der Waals surface area contributed by atoms with Crippen LogP contribution in [0.2, 0.25) is 10.0 Å². The molecule has 1 amide bonds. The molecule has 1 N–H and O–H groups in total. The number of carbonyl (C=O) groups excluding carboxylic acids is 1. The molecule has 0 radical (unpaired) electrons. The van der Waals surface area contributed by atoms with E-state index in [1.807, 2.05) is 30.3 Å². The summed E-state index contributed by atoms with van der Waals surface area (Å²) in [4.78, 5) is 16.5. The van der Waals surface area contributed by atoms with E-state index in [1.54, 1.807) is 18.3 Å². The minimum atomic E-state index is -0.111. The largest absolute Gasteiger partial charge is 0.296 e. The molecule has 0 spiro atoms. The molecule has 142 valence electrons. The van der Waals surface area contributed by atoms with Crippen LogP contribution in [0.5, 0.6) is 0 Å². The molecule has 0 atom stereocenters. The van der Waals surface area contributed by atoms with Crippen molar-refractivity contribution >= 4 is 35.3 Å². The predicted octanol–water partition coefficient (Wildman–Crippen LogP) is 3.26. The summed E-state index contributed by atoms with van der Waals surface area (Å²) in [5.41, 5.74) is 4.60. The van der Waals surface area contributed by atoms with Crippen LogP contribution in [0.25, 0.3) is 0 Å². The van der Waals surface area contributed by atoms with E-state index in [0.717, 1.165) is 48.9 Å². The molecule has 0 bridgehead atoms. The third kappa shape index (κ3) is 6.33. The van der Waals surface area contributed by atoms with E-state index in [1.165, 1.54) is 0 Å². The third-order valence-electron chi connectivity index (χ3n) is 4.46. The van der Waals surface area contributed by atoms with Gasteiger partial charge >= 0.3 is 0 Å². The Morgan fingerprint density at radius 2 is 1.67 bits per heavy atom. The molecule has 1 aliphatic heterocycles. The predicted molar refractivity (Wildman–Crippen MR) is 110 cm³/mol. The molecular formula is C20H22Cl2N4O. The molecule has 1 fully saturated rings. The number of amides is 1. The summed E-state index contributed by atoms with van der Waals surface area (Å²) in [6.07, 6.45) is 1.61. The van der Waals surface area contributed by atoms with Crippen LogP contribution in [0.15, 0.2) is 53.6 Å². The van der Waals surface area contributed by atoms with E-state index in [0.29, 0.717) is 11.6 Å². The van der Waals surface area contributed by atoms with Crippen molar-refractivity contribution in [1.82, 2.24) is 15.2 Å². The fraction of sp³-hybridized carbons (Fsp3) is 0.300. The Bertz CT molecular complexity index is 787. The fourth-order valence-electron chi connectivity index (χ4n) is 2.94. The summed E-state index contributed by atoms with van der Waals surface area (Å²) in [7, 11) is 0. The van der Waals surface area contributed by atoms with Crippen molar-refractivity contribution in [1.29, 1.82) is 0 Å². The van der Waals surface area contributed by atoms with Gasteiger partial charge in [0.1, 0.15) is 0 Å². The molecule has 0 aromatic heterocycles. The normalized spacial score (nSPS) is 15.9. The Morgan fingerprint density at radius 1 is 1.00 bits per heavy atom. The zero-order valence-corrected chi connectivity index (χ0v) is 16.5. The van der Waals surface area contributed by atoms with Gasteiger partial charge in [0.25, 0.3) is 5.91 Å². The lowest BCUT2D eigenvalue weighted by atomic mass is 10.2. The summed E-state index contributed by atoms with van der Waals surface area (Å²) < 4.78 is 0. The highest BCUT2D eigenvalue weighted by Gasteiger charge is 2.19. The molecule has 3 rings (SSSR count). The van der Waals surface area contributed by atoms with Crippen molar-refractivity contribution in [2.24, 2.45) is 5.10 Å². The first-order valence-corrected chi connectivity index (χ1v) is 9.61. The van der Waals surface area contributed by atoms with Crippen LogP contribution in [0.3, 0.4) is 0 Å². The van der Waals surface area contributed by atoms with Gasteiger partial charge in [0.15, 0.2) is 0 Å². The Labute approximate surface area is 169 Å². The van der Waals surface area contributed by atoms with Crippen molar-refractivity contribution in [3.63, 3.8) is 0 Å². The molecule has 2 aromatic rings. The number of nitrogens with one attached hydrogen (secondary N) is 1. The summed E-state index contributed by atoms with van der Waals surface area (Å²) in [5, 5.41) is 5.47. The molecule has 2 aromatic carbocycles. The summed E-state index contributed by atoms with van der Waals surface area (Å²) in [5.74, 6) is -0.111. The van der Waals surface area contributed by atoms with Crippen LogP contribution < -0.4 is 5.43 Å².